The Morgan fingerprint density at radius 3 is 2.27 bits per heavy atom. The molecule has 0 radical (unpaired) electrons. The van der Waals surface area contributed by atoms with Gasteiger partial charge in [-0.1, -0.05) is 26.0 Å². The molecule has 0 bridgehead atoms. The van der Waals surface area contributed by atoms with E-state index in [1.807, 2.05) is 26.1 Å². The first-order chi connectivity index (χ1) is 5.07. The lowest BCUT2D eigenvalue weighted by atomic mass is 10.1. The molecule has 0 heterocycles. The van der Waals surface area contributed by atoms with Crippen molar-refractivity contribution in [3.8, 4) is 0 Å². The second kappa shape index (κ2) is 4.89. The smallest absolute Gasteiger partial charge is 0.0427 e. The number of aliphatic imine (C=N–C) groups is 1. The van der Waals surface area contributed by atoms with Gasteiger partial charge in [-0.25, -0.2) is 0 Å². The van der Waals surface area contributed by atoms with E-state index in [1.165, 1.54) is 0 Å². The Morgan fingerprint density at radius 2 is 2.00 bits per heavy atom. The maximum absolute atomic E-state index is 4.24. The molecule has 0 amide bonds. The third-order valence-electron chi connectivity index (χ3n) is 1.26. The molecule has 0 aromatic carbocycles. The van der Waals surface area contributed by atoms with Crippen LogP contribution in [0.15, 0.2) is 28.9 Å². The zero-order chi connectivity index (χ0) is 8.85. The van der Waals surface area contributed by atoms with Crippen LogP contribution in [0.2, 0.25) is 0 Å². The van der Waals surface area contributed by atoms with E-state index in [4.69, 9.17) is 0 Å². The van der Waals surface area contributed by atoms with Crippen molar-refractivity contribution in [2.75, 3.05) is 0 Å². The van der Waals surface area contributed by atoms with Crippen LogP contribution in [0.4, 0.5) is 0 Å². The van der Waals surface area contributed by atoms with Crippen molar-refractivity contribution in [2.24, 2.45) is 10.9 Å². The van der Waals surface area contributed by atoms with Gasteiger partial charge >= 0.3 is 0 Å². The molecule has 0 N–H and O–H groups in total. The van der Waals surface area contributed by atoms with Crippen LogP contribution in [0.5, 0.6) is 0 Å². The normalized spacial score (nSPS) is 13.0. The van der Waals surface area contributed by atoms with Crippen LogP contribution >= 0.6 is 0 Å². The van der Waals surface area contributed by atoms with E-state index >= 15 is 0 Å². The first-order valence-corrected chi connectivity index (χ1v) is 3.93. The summed E-state index contributed by atoms with van der Waals surface area (Å²) in [5, 5.41) is 0. The van der Waals surface area contributed by atoms with Gasteiger partial charge in [0.1, 0.15) is 0 Å². The molecule has 0 aliphatic carbocycles. The van der Waals surface area contributed by atoms with E-state index in [9.17, 15) is 0 Å². The molecule has 0 unspecified atom stereocenters. The van der Waals surface area contributed by atoms with Crippen LogP contribution < -0.4 is 0 Å². The first-order valence-electron chi connectivity index (χ1n) is 3.93. The van der Waals surface area contributed by atoms with E-state index in [2.05, 4.69) is 25.4 Å². The maximum Gasteiger partial charge on any atom is 0.0427 e. The summed E-state index contributed by atoms with van der Waals surface area (Å²) in [5.41, 5.74) is 2.15. The fourth-order valence-electron chi connectivity index (χ4n) is 0.755. The topological polar surface area (TPSA) is 12.4 Å². The number of allylic oxidation sites excluding steroid dienone is 3. The lowest BCUT2D eigenvalue weighted by molar-refractivity contribution is 0.758. The van der Waals surface area contributed by atoms with E-state index in [-0.39, 0.29) is 0 Å². The summed E-state index contributed by atoms with van der Waals surface area (Å²) in [6, 6.07) is 0. The van der Waals surface area contributed by atoms with E-state index < -0.39 is 0 Å². The second-order valence-electron chi connectivity index (χ2n) is 2.96. The monoisotopic (exact) mass is 151 g/mol. The molecule has 0 rings (SSSR count). The van der Waals surface area contributed by atoms with Crippen molar-refractivity contribution in [1.29, 1.82) is 0 Å². The minimum absolute atomic E-state index is 0.475. The Morgan fingerprint density at radius 1 is 1.45 bits per heavy atom. The van der Waals surface area contributed by atoms with Gasteiger partial charge in [-0.15, -0.1) is 0 Å². The molecule has 0 atom stereocenters. The molecule has 0 fully saturated rings. The molecule has 0 saturated carbocycles. The van der Waals surface area contributed by atoms with Gasteiger partial charge in [0.2, 0.25) is 0 Å². The van der Waals surface area contributed by atoms with Crippen molar-refractivity contribution >= 4 is 6.21 Å². The largest absolute Gasteiger partial charge is 0.266 e. The third kappa shape index (κ3) is 4.54. The lowest BCUT2D eigenvalue weighted by Crippen LogP contribution is -1.91. The van der Waals surface area contributed by atoms with Gasteiger partial charge in [-0.2, -0.15) is 0 Å². The van der Waals surface area contributed by atoms with E-state index in [1.54, 1.807) is 0 Å². The van der Waals surface area contributed by atoms with Crippen LogP contribution in [-0.4, -0.2) is 6.21 Å². The van der Waals surface area contributed by atoms with E-state index in [0.29, 0.717) is 5.92 Å². The molecule has 1 nitrogen and oxygen atoms in total. The molecule has 0 aromatic heterocycles. The number of hydrogen-bond acceptors (Lipinski definition) is 1. The van der Waals surface area contributed by atoms with Crippen molar-refractivity contribution < 1.29 is 0 Å². The Hall–Kier alpha value is -0.850. The highest BCUT2D eigenvalue weighted by molar-refractivity contribution is 5.55. The number of hydrogen-bond donors (Lipinski definition) is 0. The van der Waals surface area contributed by atoms with E-state index in [0.717, 1.165) is 11.3 Å². The predicted octanol–water partition coefficient (Wildman–Crippen LogP) is 3.19. The summed E-state index contributed by atoms with van der Waals surface area (Å²) in [6.07, 6.45) is 3.83. The molecule has 0 aliphatic heterocycles. The van der Waals surface area contributed by atoms with Gasteiger partial charge in [0.15, 0.2) is 0 Å². The van der Waals surface area contributed by atoms with Gasteiger partial charge in [0, 0.05) is 11.9 Å². The fraction of sp³-hybridized carbons (Fsp3) is 0.500. The standard InChI is InChI=1S/C10H17N/c1-6-11-10(9(4)5)7-8(2)3/h6-7,9H,2H2,1,3-5H3/b10-7-,11-6-. The van der Waals surface area contributed by atoms with Gasteiger partial charge in [-0.3, -0.25) is 4.99 Å². The molecule has 62 valence electrons. The Labute approximate surface area is 69.5 Å². The highest BCUT2D eigenvalue weighted by Gasteiger charge is 1.98. The number of nitrogens with zero attached hydrogens (tertiary/aromatic N) is 1. The van der Waals surface area contributed by atoms with Gasteiger partial charge in [0.05, 0.1) is 0 Å². The zero-order valence-electron chi connectivity index (χ0n) is 7.89. The van der Waals surface area contributed by atoms with Crippen LogP contribution in [-0.2, 0) is 0 Å². The molecule has 11 heavy (non-hydrogen) atoms. The molecule has 0 spiro atoms. The van der Waals surface area contributed by atoms with Crippen molar-refractivity contribution in [1.82, 2.24) is 0 Å². The van der Waals surface area contributed by atoms with Crippen molar-refractivity contribution in [3.05, 3.63) is 23.9 Å². The summed E-state index contributed by atoms with van der Waals surface area (Å²) in [5.74, 6) is 0.475. The summed E-state index contributed by atoms with van der Waals surface area (Å²) in [6.45, 7) is 12.0. The molecule has 0 saturated heterocycles. The summed E-state index contributed by atoms with van der Waals surface area (Å²) in [7, 11) is 0. The third-order valence-corrected chi connectivity index (χ3v) is 1.26. The summed E-state index contributed by atoms with van der Waals surface area (Å²) >= 11 is 0. The Bertz CT molecular complexity index is 185. The summed E-state index contributed by atoms with van der Waals surface area (Å²) in [4.78, 5) is 4.24. The van der Waals surface area contributed by atoms with Crippen LogP contribution in [0.1, 0.15) is 27.7 Å². The van der Waals surface area contributed by atoms with Crippen molar-refractivity contribution in [3.63, 3.8) is 0 Å². The van der Waals surface area contributed by atoms with Crippen LogP contribution in [0, 0.1) is 5.92 Å². The van der Waals surface area contributed by atoms with Gasteiger partial charge in [0.25, 0.3) is 0 Å². The number of rotatable bonds is 3. The Kier molecular flexibility index (Phi) is 4.51. The molecule has 0 aromatic rings. The van der Waals surface area contributed by atoms with Crippen LogP contribution in [0.3, 0.4) is 0 Å². The van der Waals surface area contributed by atoms with Crippen LogP contribution in [0.25, 0.3) is 0 Å². The molecule has 1 heteroatoms. The second-order valence-corrected chi connectivity index (χ2v) is 2.96. The highest BCUT2D eigenvalue weighted by Crippen LogP contribution is 2.12. The quantitative estimate of drug-likeness (QED) is 0.434. The molecular weight excluding hydrogens is 134 g/mol. The minimum Gasteiger partial charge on any atom is -0.266 e. The molecular formula is C10H17N. The van der Waals surface area contributed by atoms with Crippen molar-refractivity contribution in [2.45, 2.75) is 27.7 Å². The predicted molar refractivity (Wildman–Crippen MR) is 51.9 cm³/mol. The Balaban J connectivity index is 4.46. The first kappa shape index (κ1) is 10.2. The van der Waals surface area contributed by atoms with Gasteiger partial charge < -0.3 is 0 Å². The average molecular weight is 151 g/mol. The fourth-order valence-corrected chi connectivity index (χ4v) is 0.755. The lowest BCUT2D eigenvalue weighted by Gasteiger charge is -2.04. The zero-order valence-corrected chi connectivity index (χ0v) is 7.89. The summed E-state index contributed by atoms with van der Waals surface area (Å²) < 4.78 is 0. The molecule has 0 aliphatic rings. The minimum atomic E-state index is 0.475. The van der Waals surface area contributed by atoms with Gasteiger partial charge in [-0.05, 0) is 25.8 Å². The highest BCUT2D eigenvalue weighted by atomic mass is 14.7. The maximum atomic E-state index is 4.24. The average Bonchev–Trinajstić information content (AvgIpc) is 1.86. The SMILES string of the molecule is C=C(C)/C=C(\N=C/C)C(C)C.